The number of amides is 1. The van der Waals surface area contributed by atoms with Crippen LogP contribution < -0.4 is 10.1 Å². The Morgan fingerprint density at radius 3 is 2.29 bits per heavy atom. The van der Waals surface area contributed by atoms with Crippen LogP contribution in [0, 0.1) is 13.8 Å². The molecular formula is C18H19F3N2O4S. The van der Waals surface area contributed by atoms with E-state index in [1.165, 1.54) is 44.4 Å². The largest absolute Gasteiger partial charge is 0.573 e. The molecule has 152 valence electrons. The van der Waals surface area contributed by atoms with Crippen LogP contribution in [0.25, 0.3) is 0 Å². The number of sulfonamides is 1. The van der Waals surface area contributed by atoms with E-state index in [2.05, 4.69) is 10.1 Å². The van der Waals surface area contributed by atoms with Crippen molar-refractivity contribution in [1.82, 2.24) is 4.31 Å². The molecule has 0 aliphatic carbocycles. The Morgan fingerprint density at radius 2 is 1.71 bits per heavy atom. The highest BCUT2D eigenvalue weighted by atomic mass is 32.2. The van der Waals surface area contributed by atoms with Crippen LogP contribution >= 0.6 is 0 Å². The molecule has 28 heavy (non-hydrogen) atoms. The average molecular weight is 416 g/mol. The number of halogens is 3. The summed E-state index contributed by atoms with van der Waals surface area (Å²) < 4.78 is 67.5. The second-order valence-corrected chi connectivity index (χ2v) is 8.32. The molecule has 2 aromatic carbocycles. The summed E-state index contributed by atoms with van der Waals surface area (Å²) in [4.78, 5) is 12.5. The molecule has 0 bridgehead atoms. The maximum Gasteiger partial charge on any atom is 0.573 e. The molecule has 1 N–H and O–H groups in total. The lowest BCUT2D eigenvalue weighted by Crippen LogP contribution is -2.24. The monoisotopic (exact) mass is 416 g/mol. The molecule has 0 unspecified atom stereocenters. The van der Waals surface area contributed by atoms with Gasteiger partial charge in [-0.2, -0.15) is 0 Å². The zero-order valence-corrected chi connectivity index (χ0v) is 16.4. The topological polar surface area (TPSA) is 75.7 Å². The summed E-state index contributed by atoms with van der Waals surface area (Å²) in [7, 11) is -1.09. The average Bonchev–Trinajstić information content (AvgIpc) is 2.57. The SMILES string of the molecule is Cc1cc(C(=O)Nc2ccccc2OC(F)(F)F)cc(S(=O)(=O)N(C)C)c1C. The minimum Gasteiger partial charge on any atom is -0.404 e. The molecule has 0 aromatic heterocycles. The van der Waals surface area contributed by atoms with Crippen molar-refractivity contribution in [2.75, 3.05) is 19.4 Å². The van der Waals surface area contributed by atoms with E-state index >= 15 is 0 Å². The van der Waals surface area contributed by atoms with Gasteiger partial charge in [-0.1, -0.05) is 12.1 Å². The van der Waals surface area contributed by atoms with Gasteiger partial charge in [0.25, 0.3) is 5.91 Å². The summed E-state index contributed by atoms with van der Waals surface area (Å²) in [6.45, 7) is 3.25. The number of nitrogens with zero attached hydrogens (tertiary/aromatic N) is 1. The van der Waals surface area contributed by atoms with Crippen LogP contribution in [0.5, 0.6) is 5.75 Å². The Balaban J connectivity index is 2.43. The second-order valence-electron chi connectivity index (χ2n) is 6.20. The first-order valence-electron chi connectivity index (χ1n) is 8.03. The number of aryl methyl sites for hydroxylation is 1. The van der Waals surface area contributed by atoms with Crippen LogP contribution in [0.1, 0.15) is 21.5 Å². The lowest BCUT2D eigenvalue weighted by molar-refractivity contribution is -0.274. The van der Waals surface area contributed by atoms with Crippen LogP contribution in [0.15, 0.2) is 41.3 Å². The lowest BCUT2D eigenvalue weighted by atomic mass is 10.1. The van der Waals surface area contributed by atoms with Gasteiger partial charge in [0, 0.05) is 19.7 Å². The Morgan fingerprint density at radius 1 is 1.11 bits per heavy atom. The molecule has 2 aromatic rings. The van der Waals surface area contributed by atoms with Gasteiger partial charge in [-0.05, 0) is 49.2 Å². The van der Waals surface area contributed by atoms with Gasteiger partial charge < -0.3 is 10.1 Å². The summed E-state index contributed by atoms with van der Waals surface area (Å²) in [5, 5.41) is 2.33. The number of alkyl halides is 3. The number of hydrogen-bond donors (Lipinski definition) is 1. The third-order valence-corrected chi connectivity index (χ3v) is 5.94. The van der Waals surface area contributed by atoms with E-state index in [1.807, 2.05) is 0 Å². The van der Waals surface area contributed by atoms with E-state index in [-0.39, 0.29) is 16.1 Å². The molecule has 0 spiro atoms. The molecule has 0 atom stereocenters. The molecule has 0 aliphatic rings. The van der Waals surface area contributed by atoms with Gasteiger partial charge in [-0.25, -0.2) is 12.7 Å². The number of nitrogens with one attached hydrogen (secondary N) is 1. The fraction of sp³-hybridized carbons (Fsp3) is 0.278. The van der Waals surface area contributed by atoms with Gasteiger partial charge in [0.1, 0.15) is 0 Å². The molecule has 0 fully saturated rings. The summed E-state index contributed by atoms with van der Waals surface area (Å²) in [5.74, 6) is -1.34. The first-order valence-corrected chi connectivity index (χ1v) is 9.47. The van der Waals surface area contributed by atoms with Crippen molar-refractivity contribution in [3.63, 3.8) is 0 Å². The van der Waals surface area contributed by atoms with Gasteiger partial charge in [0.05, 0.1) is 10.6 Å². The maximum absolute atomic E-state index is 12.6. The van der Waals surface area contributed by atoms with Crippen molar-refractivity contribution in [3.8, 4) is 5.75 Å². The fourth-order valence-corrected chi connectivity index (χ4v) is 3.62. The first kappa shape index (κ1) is 21.7. The van der Waals surface area contributed by atoms with Crippen LogP contribution in [0.2, 0.25) is 0 Å². The highest BCUT2D eigenvalue weighted by Crippen LogP contribution is 2.31. The molecular weight excluding hydrogens is 397 g/mol. The standard InChI is InChI=1S/C18H19F3N2O4S/c1-11-9-13(10-16(12(11)2)28(25,26)23(3)4)17(24)22-14-7-5-6-8-15(14)27-18(19,20)21/h5-10H,1-4H3,(H,22,24). The van der Waals surface area contributed by atoms with E-state index in [1.54, 1.807) is 13.8 Å². The smallest absolute Gasteiger partial charge is 0.404 e. The molecule has 2 rings (SSSR count). The molecule has 0 heterocycles. The van der Waals surface area contributed by atoms with E-state index in [4.69, 9.17) is 0 Å². The summed E-state index contributed by atoms with van der Waals surface area (Å²) >= 11 is 0. The second kappa shape index (κ2) is 7.80. The van der Waals surface area contributed by atoms with Crippen molar-refractivity contribution >= 4 is 21.6 Å². The van der Waals surface area contributed by atoms with Crippen LogP contribution in [0.3, 0.4) is 0 Å². The predicted octanol–water partition coefficient (Wildman–Crippen LogP) is 3.70. The molecule has 0 aliphatic heterocycles. The number of hydrogen-bond acceptors (Lipinski definition) is 4. The van der Waals surface area contributed by atoms with Gasteiger partial charge in [0.2, 0.25) is 10.0 Å². The zero-order chi connectivity index (χ0) is 21.3. The molecule has 10 heteroatoms. The Kier molecular flexibility index (Phi) is 6.05. The molecule has 1 amide bonds. The van der Waals surface area contributed by atoms with Crippen LogP contribution in [-0.2, 0) is 10.0 Å². The van der Waals surface area contributed by atoms with Crippen LogP contribution in [-0.4, -0.2) is 39.1 Å². The Bertz CT molecular complexity index is 1000. The third kappa shape index (κ3) is 4.82. The summed E-state index contributed by atoms with van der Waals surface area (Å²) in [6.07, 6.45) is -4.92. The predicted molar refractivity (Wildman–Crippen MR) is 97.9 cm³/mol. The molecule has 0 radical (unpaired) electrons. The lowest BCUT2D eigenvalue weighted by Gasteiger charge is -2.17. The number of ether oxygens (including phenoxy) is 1. The third-order valence-electron chi connectivity index (χ3n) is 4.00. The number of rotatable bonds is 5. The van der Waals surface area contributed by atoms with Crippen molar-refractivity contribution < 1.29 is 31.1 Å². The molecule has 6 nitrogen and oxygen atoms in total. The highest BCUT2D eigenvalue weighted by molar-refractivity contribution is 7.89. The van der Waals surface area contributed by atoms with E-state index in [0.29, 0.717) is 11.1 Å². The minimum absolute atomic E-state index is 0.00895. The minimum atomic E-state index is -4.92. The number of carbonyl (C=O) groups excluding carboxylic acids is 1. The van der Waals surface area contributed by atoms with Gasteiger partial charge in [-0.15, -0.1) is 13.2 Å². The first-order chi connectivity index (χ1) is 12.8. The zero-order valence-electron chi connectivity index (χ0n) is 15.6. The maximum atomic E-state index is 12.6. The van der Waals surface area contributed by atoms with Gasteiger partial charge in [0.15, 0.2) is 5.75 Å². The van der Waals surface area contributed by atoms with Crippen molar-refractivity contribution in [1.29, 1.82) is 0 Å². The van der Waals surface area contributed by atoms with Crippen molar-refractivity contribution in [2.24, 2.45) is 0 Å². The highest BCUT2D eigenvalue weighted by Gasteiger charge is 2.32. The summed E-state index contributed by atoms with van der Waals surface area (Å²) in [5.41, 5.74) is 0.823. The summed E-state index contributed by atoms with van der Waals surface area (Å²) in [6, 6.07) is 7.73. The molecule has 0 saturated heterocycles. The number of para-hydroxylation sites is 2. The quantitative estimate of drug-likeness (QED) is 0.806. The number of carbonyl (C=O) groups is 1. The Labute approximate surface area is 161 Å². The van der Waals surface area contributed by atoms with Crippen LogP contribution in [0.4, 0.5) is 18.9 Å². The van der Waals surface area contributed by atoms with E-state index in [0.717, 1.165) is 10.4 Å². The normalized spacial score (nSPS) is 12.1. The van der Waals surface area contributed by atoms with Gasteiger partial charge >= 0.3 is 6.36 Å². The fourth-order valence-electron chi connectivity index (χ4n) is 2.40. The number of benzene rings is 2. The van der Waals surface area contributed by atoms with E-state index in [9.17, 15) is 26.4 Å². The Hall–Kier alpha value is -2.59. The van der Waals surface area contributed by atoms with E-state index < -0.39 is 28.0 Å². The van der Waals surface area contributed by atoms with Crippen molar-refractivity contribution in [3.05, 3.63) is 53.1 Å². The molecule has 0 saturated carbocycles. The van der Waals surface area contributed by atoms with Gasteiger partial charge in [-0.3, -0.25) is 4.79 Å². The number of anilines is 1. The van der Waals surface area contributed by atoms with Crippen molar-refractivity contribution in [2.45, 2.75) is 25.1 Å².